The molecule has 0 saturated heterocycles. The molecular formula is C19H23N3O5. The van der Waals surface area contributed by atoms with Crippen LogP contribution in [0.4, 0.5) is 0 Å². The van der Waals surface area contributed by atoms with Crippen LogP contribution in [0.2, 0.25) is 0 Å². The van der Waals surface area contributed by atoms with Crippen LogP contribution >= 0.6 is 0 Å². The van der Waals surface area contributed by atoms with Crippen molar-refractivity contribution < 1.29 is 24.2 Å². The monoisotopic (exact) mass is 373 g/mol. The van der Waals surface area contributed by atoms with E-state index in [4.69, 9.17) is 14.6 Å². The molecule has 1 aromatic heterocycles. The molecular weight excluding hydrogens is 350 g/mol. The molecule has 0 atom stereocenters. The molecule has 0 aliphatic rings. The van der Waals surface area contributed by atoms with Gasteiger partial charge in [0, 0.05) is 19.3 Å². The van der Waals surface area contributed by atoms with E-state index in [0.717, 1.165) is 12.1 Å². The van der Waals surface area contributed by atoms with Gasteiger partial charge in [-0.25, -0.2) is 9.78 Å². The summed E-state index contributed by atoms with van der Waals surface area (Å²) in [6, 6.07) is 8.17. The summed E-state index contributed by atoms with van der Waals surface area (Å²) < 4.78 is 11.1. The predicted octanol–water partition coefficient (Wildman–Crippen LogP) is 1.66. The van der Waals surface area contributed by atoms with Gasteiger partial charge in [0.05, 0.1) is 12.7 Å². The highest BCUT2D eigenvalue weighted by atomic mass is 16.5. The molecule has 144 valence electrons. The second-order valence-corrected chi connectivity index (χ2v) is 6.06. The summed E-state index contributed by atoms with van der Waals surface area (Å²) >= 11 is 0. The third kappa shape index (κ3) is 5.96. The van der Waals surface area contributed by atoms with E-state index in [1.54, 1.807) is 19.2 Å². The van der Waals surface area contributed by atoms with Crippen LogP contribution in [0.5, 0.6) is 11.5 Å². The van der Waals surface area contributed by atoms with E-state index in [1.807, 2.05) is 25.1 Å². The lowest BCUT2D eigenvalue weighted by Crippen LogP contribution is -2.23. The van der Waals surface area contributed by atoms with Crippen molar-refractivity contribution in [3.8, 4) is 11.5 Å². The number of amides is 1. The molecule has 0 aliphatic carbocycles. The van der Waals surface area contributed by atoms with Crippen molar-refractivity contribution in [3.63, 3.8) is 0 Å². The van der Waals surface area contributed by atoms with Crippen LogP contribution in [0.3, 0.4) is 0 Å². The maximum atomic E-state index is 12.2. The van der Waals surface area contributed by atoms with Crippen molar-refractivity contribution in [1.82, 2.24) is 15.2 Å². The van der Waals surface area contributed by atoms with Crippen molar-refractivity contribution in [2.75, 3.05) is 34.4 Å². The SMILES string of the molecule is COc1cc(CNC(=O)c2ccc(C(=O)O)nc2)ccc1OCCN(C)C. The van der Waals surface area contributed by atoms with Crippen molar-refractivity contribution in [2.45, 2.75) is 6.54 Å². The lowest BCUT2D eigenvalue weighted by Gasteiger charge is -2.14. The first-order valence-electron chi connectivity index (χ1n) is 8.32. The van der Waals surface area contributed by atoms with Crippen molar-refractivity contribution in [1.29, 1.82) is 0 Å². The second kappa shape index (κ2) is 9.54. The number of rotatable bonds is 9. The van der Waals surface area contributed by atoms with Crippen LogP contribution in [0.25, 0.3) is 0 Å². The van der Waals surface area contributed by atoms with E-state index in [0.29, 0.717) is 18.1 Å². The number of nitrogens with zero attached hydrogens (tertiary/aromatic N) is 2. The van der Waals surface area contributed by atoms with E-state index >= 15 is 0 Å². The number of benzene rings is 1. The summed E-state index contributed by atoms with van der Waals surface area (Å²) in [7, 11) is 5.50. The standard InChI is InChI=1S/C19H23N3O5/c1-22(2)8-9-27-16-7-4-13(10-17(16)26-3)11-21-18(23)14-5-6-15(19(24)25)20-12-14/h4-7,10,12H,8-9,11H2,1-3H3,(H,21,23)(H,24,25). The molecule has 0 radical (unpaired) electrons. The molecule has 0 unspecified atom stereocenters. The molecule has 0 spiro atoms. The lowest BCUT2D eigenvalue weighted by molar-refractivity contribution is 0.0689. The smallest absolute Gasteiger partial charge is 0.354 e. The number of nitrogens with one attached hydrogen (secondary N) is 1. The summed E-state index contributed by atoms with van der Waals surface area (Å²) in [4.78, 5) is 28.7. The summed E-state index contributed by atoms with van der Waals surface area (Å²) in [5, 5.41) is 11.6. The van der Waals surface area contributed by atoms with Gasteiger partial charge < -0.3 is 24.8 Å². The van der Waals surface area contributed by atoms with E-state index in [1.165, 1.54) is 18.3 Å². The van der Waals surface area contributed by atoms with Gasteiger partial charge in [0.2, 0.25) is 0 Å². The molecule has 1 heterocycles. The summed E-state index contributed by atoms with van der Waals surface area (Å²) in [5.41, 5.74) is 1.02. The molecule has 1 aromatic carbocycles. The molecule has 8 heteroatoms. The fraction of sp³-hybridized carbons (Fsp3) is 0.316. The molecule has 0 aliphatic heterocycles. The topological polar surface area (TPSA) is 101 Å². The zero-order valence-electron chi connectivity index (χ0n) is 15.6. The molecule has 2 N–H and O–H groups in total. The molecule has 2 rings (SSSR count). The van der Waals surface area contributed by atoms with Crippen LogP contribution < -0.4 is 14.8 Å². The number of carbonyl (C=O) groups is 2. The molecule has 8 nitrogen and oxygen atoms in total. The number of pyridine rings is 1. The molecule has 1 amide bonds. The Kier molecular flexibility index (Phi) is 7.13. The quantitative estimate of drug-likeness (QED) is 0.689. The average molecular weight is 373 g/mol. The van der Waals surface area contributed by atoms with E-state index in [-0.39, 0.29) is 23.7 Å². The van der Waals surface area contributed by atoms with Gasteiger partial charge in [-0.1, -0.05) is 6.07 Å². The molecule has 0 fully saturated rings. The number of aromatic carboxylic acids is 1. The van der Waals surface area contributed by atoms with Gasteiger partial charge in [-0.15, -0.1) is 0 Å². The zero-order chi connectivity index (χ0) is 19.8. The van der Waals surface area contributed by atoms with Crippen LogP contribution in [0, 0.1) is 0 Å². The first kappa shape index (κ1) is 20.2. The third-order valence-corrected chi connectivity index (χ3v) is 3.72. The Labute approximate surface area is 157 Å². The van der Waals surface area contributed by atoms with Gasteiger partial charge in [-0.05, 0) is 43.9 Å². The number of carboxylic acids is 1. The minimum atomic E-state index is -1.14. The molecule has 2 aromatic rings. The number of ether oxygens (including phenoxy) is 2. The van der Waals surface area contributed by atoms with Crippen molar-refractivity contribution >= 4 is 11.9 Å². The Balaban J connectivity index is 1.96. The van der Waals surface area contributed by atoms with Crippen molar-refractivity contribution in [3.05, 3.63) is 53.3 Å². The zero-order valence-corrected chi connectivity index (χ0v) is 15.6. The second-order valence-electron chi connectivity index (χ2n) is 6.06. The van der Waals surface area contributed by atoms with Gasteiger partial charge in [-0.2, -0.15) is 0 Å². The molecule has 27 heavy (non-hydrogen) atoms. The number of methoxy groups -OCH3 is 1. The first-order chi connectivity index (χ1) is 12.9. The highest BCUT2D eigenvalue weighted by Gasteiger charge is 2.10. The highest BCUT2D eigenvalue weighted by molar-refractivity contribution is 5.94. The number of hydrogen-bond donors (Lipinski definition) is 2. The average Bonchev–Trinajstić information content (AvgIpc) is 2.66. The number of carbonyl (C=O) groups excluding carboxylic acids is 1. The maximum Gasteiger partial charge on any atom is 0.354 e. The Hall–Kier alpha value is -3.13. The number of hydrogen-bond acceptors (Lipinski definition) is 6. The Bertz CT molecular complexity index is 790. The highest BCUT2D eigenvalue weighted by Crippen LogP contribution is 2.28. The van der Waals surface area contributed by atoms with E-state index < -0.39 is 5.97 Å². The van der Waals surface area contributed by atoms with Crippen molar-refractivity contribution in [2.24, 2.45) is 0 Å². The Morgan fingerprint density at radius 3 is 2.56 bits per heavy atom. The van der Waals surface area contributed by atoms with Crippen LogP contribution in [0.15, 0.2) is 36.5 Å². The summed E-state index contributed by atoms with van der Waals surface area (Å²) in [5.74, 6) is -0.248. The summed E-state index contributed by atoms with van der Waals surface area (Å²) in [6.45, 7) is 1.61. The predicted molar refractivity (Wildman–Crippen MR) is 99.4 cm³/mol. The van der Waals surface area contributed by atoms with Gasteiger partial charge in [-0.3, -0.25) is 4.79 Å². The minimum absolute atomic E-state index is 0.110. The number of aromatic nitrogens is 1. The van der Waals surface area contributed by atoms with Crippen LogP contribution in [-0.2, 0) is 6.54 Å². The number of likely N-dealkylation sites (N-methyl/N-ethyl adjacent to an activating group) is 1. The molecule has 0 bridgehead atoms. The lowest BCUT2D eigenvalue weighted by atomic mass is 10.2. The van der Waals surface area contributed by atoms with Crippen LogP contribution in [0.1, 0.15) is 26.4 Å². The number of carboxylic acid groups (broad SMARTS) is 1. The minimum Gasteiger partial charge on any atom is -0.493 e. The summed E-state index contributed by atoms with van der Waals surface area (Å²) in [6.07, 6.45) is 1.24. The fourth-order valence-electron chi connectivity index (χ4n) is 2.22. The third-order valence-electron chi connectivity index (χ3n) is 3.72. The maximum absolute atomic E-state index is 12.2. The van der Waals surface area contributed by atoms with E-state index in [2.05, 4.69) is 10.3 Å². The largest absolute Gasteiger partial charge is 0.493 e. The van der Waals surface area contributed by atoms with Gasteiger partial charge in [0.15, 0.2) is 11.5 Å². The van der Waals surface area contributed by atoms with Gasteiger partial charge in [0.1, 0.15) is 12.3 Å². The molecule has 0 saturated carbocycles. The van der Waals surface area contributed by atoms with Crippen LogP contribution in [-0.4, -0.2) is 61.2 Å². The first-order valence-corrected chi connectivity index (χ1v) is 8.32. The Morgan fingerprint density at radius 1 is 1.19 bits per heavy atom. The van der Waals surface area contributed by atoms with E-state index in [9.17, 15) is 9.59 Å². The Morgan fingerprint density at radius 2 is 1.96 bits per heavy atom. The normalized spacial score (nSPS) is 10.5. The fourth-order valence-corrected chi connectivity index (χ4v) is 2.22. The van der Waals surface area contributed by atoms with Gasteiger partial charge in [0.25, 0.3) is 5.91 Å². The van der Waals surface area contributed by atoms with Gasteiger partial charge >= 0.3 is 5.97 Å².